The number of aryl methyl sites for hydroxylation is 2. The van der Waals surface area contributed by atoms with E-state index in [-0.39, 0.29) is 6.04 Å². The molecular weight excluding hydrogens is 250 g/mol. The van der Waals surface area contributed by atoms with Crippen molar-refractivity contribution >= 4 is 0 Å². The van der Waals surface area contributed by atoms with Gasteiger partial charge in [-0.15, -0.1) is 0 Å². The van der Waals surface area contributed by atoms with Gasteiger partial charge >= 0.3 is 0 Å². The number of hydrogen-bond donors (Lipinski definition) is 1. The van der Waals surface area contributed by atoms with Crippen molar-refractivity contribution in [2.75, 3.05) is 13.7 Å². The average Bonchev–Trinajstić information content (AvgIpc) is 2.77. The molecule has 0 spiro atoms. The number of para-hydroxylation sites is 1. The molecule has 3 heteroatoms. The standard InChI is InChI=1S/C17H23NO2/c1-5-10-19-16-9-7-6-8-14(16)17(18-4)15-11-12(2)20-13(15)3/h6-9,11,17-18H,5,10H2,1-4H3. The summed E-state index contributed by atoms with van der Waals surface area (Å²) in [5, 5.41) is 3.37. The predicted molar refractivity (Wildman–Crippen MR) is 81.3 cm³/mol. The van der Waals surface area contributed by atoms with Gasteiger partial charge in [0.25, 0.3) is 0 Å². The molecule has 1 N–H and O–H groups in total. The topological polar surface area (TPSA) is 34.4 Å². The zero-order valence-electron chi connectivity index (χ0n) is 12.7. The first-order chi connectivity index (χ1) is 9.67. The lowest BCUT2D eigenvalue weighted by Crippen LogP contribution is -2.19. The Morgan fingerprint density at radius 1 is 1.20 bits per heavy atom. The van der Waals surface area contributed by atoms with Gasteiger partial charge in [0, 0.05) is 11.1 Å². The molecule has 0 bridgehead atoms. The summed E-state index contributed by atoms with van der Waals surface area (Å²) in [4.78, 5) is 0. The molecular formula is C17H23NO2. The average molecular weight is 273 g/mol. The van der Waals surface area contributed by atoms with Gasteiger partial charge in [-0.3, -0.25) is 0 Å². The first-order valence-corrected chi connectivity index (χ1v) is 7.13. The van der Waals surface area contributed by atoms with Gasteiger partial charge in [0.2, 0.25) is 0 Å². The summed E-state index contributed by atoms with van der Waals surface area (Å²) in [7, 11) is 1.96. The molecule has 3 nitrogen and oxygen atoms in total. The highest BCUT2D eigenvalue weighted by Crippen LogP contribution is 2.32. The molecule has 0 saturated carbocycles. The second-order valence-corrected chi connectivity index (χ2v) is 4.98. The molecule has 2 rings (SSSR count). The molecule has 1 unspecified atom stereocenters. The van der Waals surface area contributed by atoms with Crippen LogP contribution in [-0.4, -0.2) is 13.7 Å². The van der Waals surface area contributed by atoms with Crippen LogP contribution in [0.5, 0.6) is 5.75 Å². The largest absolute Gasteiger partial charge is 0.493 e. The number of hydrogen-bond acceptors (Lipinski definition) is 3. The molecule has 1 atom stereocenters. The summed E-state index contributed by atoms with van der Waals surface area (Å²) in [6.07, 6.45) is 1.00. The number of furan rings is 1. The third-order valence-corrected chi connectivity index (χ3v) is 3.37. The summed E-state index contributed by atoms with van der Waals surface area (Å²) in [5.74, 6) is 2.82. The Bertz CT molecular complexity index is 560. The van der Waals surface area contributed by atoms with Crippen molar-refractivity contribution in [2.45, 2.75) is 33.2 Å². The van der Waals surface area contributed by atoms with Crippen molar-refractivity contribution < 1.29 is 9.15 Å². The second-order valence-electron chi connectivity index (χ2n) is 4.98. The Morgan fingerprint density at radius 2 is 1.95 bits per heavy atom. The third kappa shape index (κ3) is 3.05. The van der Waals surface area contributed by atoms with Crippen LogP contribution in [0.4, 0.5) is 0 Å². The van der Waals surface area contributed by atoms with Crippen molar-refractivity contribution in [1.82, 2.24) is 5.32 Å². The molecule has 0 aliphatic rings. The van der Waals surface area contributed by atoms with Crippen LogP contribution in [-0.2, 0) is 0 Å². The lowest BCUT2D eigenvalue weighted by Gasteiger charge is -2.19. The Morgan fingerprint density at radius 3 is 2.55 bits per heavy atom. The third-order valence-electron chi connectivity index (χ3n) is 3.37. The maximum atomic E-state index is 5.87. The van der Waals surface area contributed by atoms with Gasteiger partial charge in [0.1, 0.15) is 17.3 Å². The molecule has 0 radical (unpaired) electrons. The Hall–Kier alpha value is -1.74. The zero-order chi connectivity index (χ0) is 14.5. The van der Waals surface area contributed by atoms with E-state index in [1.165, 1.54) is 0 Å². The molecule has 20 heavy (non-hydrogen) atoms. The van der Waals surface area contributed by atoms with Crippen LogP contribution >= 0.6 is 0 Å². The van der Waals surface area contributed by atoms with Crippen LogP contribution in [0.25, 0.3) is 0 Å². The van der Waals surface area contributed by atoms with Gasteiger partial charge in [-0.25, -0.2) is 0 Å². The normalized spacial score (nSPS) is 12.4. The Balaban J connectivity index is 2.39. The highest BCUT2D eigenvalue weighted by atomic mass is 16.5. The molecule has 0 fully saturated rings. The fourth-order valence-electron chi connectivity index (χ4n) is 2.48. The molecule has 2 aromatic rings. The van der Waals surface area contributed by atoms with Crippen molar-refractivity contribution in [1.29, 1.82) is 0 Å². The molecule has 0 aliphatic heterocycles. The van der Waals surface area contributed by atoms with Gasteiger partial charge in [-0.1, -0.05) is 25.1 Å². The van der Waals surface area contributed by atoms with E-state index in [4.69, 9.17) is 9.15 Å². The van der Waals surface area contributed by atoms with E-state index in [1.54, 1.807) is 0 Å². The second kappa shape index (κ2) is 6.62. The molecule has 1 heterocycles. The van der Waals surface area contributed by atoms with Gasteiger partial charge in [0.05, 0.1) is 12.6 Å². The first-order valence-electron chi connectivity index (χ1n) is 7.13. The first kappa shape index (κ1) is 14.7. The Labute approximate surface area is 121 Å². The van der Waals surface area contributed by atoms with Crippen molar-refractivity contribution in [3.63, 3.8) is 0 Å². The summed E-state index contributed by atoms with van der Waals surface area (Å²) in [5.41, 5.74) is 2.31. The van der Waals surface area contributed by atoms with E-state index in [0.29, 0.717) is 0 Å². The highest BCUT2D eigenvalue weighted by molar-refractivity contribution is 5.42. The summed E-state index contributed by atoms with van der Waals surface area (Å²) in [6, 6.07) is 10.4. The van der Waals surface area contributed by atoms with Crippen LogP contribution < -0.4 is 10.1 Å². The SMILES string of the molecule is CCCOc1ccccc1C(NC)c1cc(C)oc1C. The van der Waals surface area contributed by atoms with Gasteiger partial charge in [0.15, 0.2) is 0 Å². The molecule has 1 aromatic carbocycles. The van der Waals surface area contributed by atoms with Crippen LogP contribution in [0, 0.1) is 13.8 Å². The lowest BCUT2D eigenvalue weighted by molar-refractivity contribution is 0.312. The number of rotatable bonds is 6. The van der Waals surface area contributed by atoms with E-state index < -0.39 is 0 Å². The van der Waals surface area contributed by atoms with E-state index in [0.717, 1.165) is 41.4 Å². The van der Waals surface area contributed by atoms with E-state index >= 15 is 0 Å². The van der Waals surface area contributed by atoms with Gasteiger partial charge < -0.3 is 14.5 Å². The molecule has 1 aromatic heterocycles. The van der Waals surface area contributed by atoms with Crippen LogP contribution in [0.1, 0.15) is 42.0 Å². The molecule has 108 valence electrons. The summed E-state index contributed by atoms with van der Waals surface area (Å²) in [6.45, 7) is 6.82. The fourth-order valence-corrected chi connectivity index (χ4v) is 2.48. The number of ether oxygens (including phenoxy) is 1. The van der Waals surface area contributed by atoms with Crippen LogP contribution in [0.2, 0.25) is 0 Å². The number of nitrogens with one attached hydrogen (secondary N) is 1. The maximum absolute atomic E-state index is 5.87. The highest BCUT2D eigenvalue weighted by Gasteiger charge is 2.20. The van der Waals surface area contributed by atoms with E-state index in [2.05, 4.69) is 24.4 Å². The molecule has 0 amide bonds. The number of benzene rings is 1. The lowest BCUT2D eigenvalue weighted by atomic mass is 9.98. The van der Waals surface area contributed by atoms with E-state index in [1.807, 2.05) is 39.1 Å². The monoisotopic (exact) mass is 273 g/mol. The molecule has 0 aliphatic carbocycles. The van der Waals surface area contributed by atoms with Gasteiger partial charge in [-0.05, 0) is 39.4 Å². The molecule has 0 saturated heterocycles. The predicted octanol–water partition coefficient (Wildman–Crippen LogP) is 3.99. The van der Waals surface area contributed by atoms with E-state index in [9.17, 15) is 0 Å². The minimum absolute atomic E-state index is 0.0838. The van der Waals surface area contributed by atoms with Crippen molar-refractivity contribution in [2.24, 2.45) is 0 Å². The quantitative estimate of drug-likeness (QED) is 0.864. The smallest absolute Gasteiger partial charge is 0.124 e. The van der Waals surface area contributed by atoms with Crippen LogP contribution in [0.15, 0.2) is 34.7 Å². The fraction of sp³-hybridized carbons (Fsp3) is 0.412. The maximum Gasteiger partial charge on any atom is 0.124 e. The van der Waals surface area contributed by atoms with Crippen molar-refractivity contribution in [3.05, 3.63) is 53.0 Å². The van der Waals surface area contributed by atoms with Crippen molar-refractivity contribution in [3.8, 4) is 5.75 Å². The minimum atomic E-state index is 0.0838. The van der Waals surface area contributed by atoms with Gasteiger partial charge in [-0.2, -0.15) is 0 Å². The Kier molecular flexibility index (Phi) is 4.85. The van der Waals surface area contributed by atoms with Crippen LogP contribution in [0.3, 0.4) is 0 Å². The minimum Gasteiger partial charge on any atom is -0.493 e. The summed E-state index contributed by atoms with van der Waals surface area (Å²) >= 11 is 0. The zero-order valence-corrected chi connectivity index (χ0v) is 12.7. The summed E-state index contributed by atoms with van der Waals surface area (Å²) < 4.78 is 11.5.